The zero-order valence-corrected chi connectivity index (χ0v) is 14.1. The molecule has 23 heavy (non-hydrogen) atoms. The molecule has 0 radical (unpaired) electrons. The van der Waals surface area contributed by atoms with Gasteiger partial charge in [-0.15, -0.1) is 0 Å². The molecule has 1 amide bonds. The molecule has 1 atom stereocenters. The molecule has 120 valence electrons. The molecule has 1 aliphatic carbocycles. The van der Waals surface area contributed by atoms with Gasteiger partial charge in [-0.05, 0) is 60.6 Å². The summed E-state index contributed by atoms with van der Waals surface area (Å²) in [5.41, 5.74) is 5.97. The average Bonchev–Trinajstić information content (AvgIpc) is 2.90. The zero-order chi connectivity index (χ0) is 16.4. The summed E-state index contributed by atoms with van der Waals surface area (Å²) >= 11 is 0. The van der Waals surface area contributed by atoms with Crippen LogP contribution < -0.4 is 10.2 Å². The molecular formula is C20H24N2O. The number of anilines is 2. The molecule has 1 N–H and O–H groups in total. The minimum atomic E-state index is 0.101. The van der Waals surface area contributed by atoms with E-state index in [4.69, 9.17) is 0 Å². The fourth-order valence-corrected chi connectivity index (χ4v) is 3.53. The van der Waals surface area contributed by atoms with E-state index in [0.717, 1.165) is 18.5 Å². The second kappa shape index (κ2) is 6.45. The molecule has 0 heterocycles. The predicted molar refractivity (Wildman–Crippen MR) is 96.3 cm³/mol. The van der Waals surface area contributed by atoms with Crippen LogP contribution in [0.5, 0.6) is 0 Å². The van der Waals surface area contributed by atoms with Crippen molar-refractivity contribution in [2.75, 3.05) is 24.3 Å². The number of rotatable bonds is 4. The van der Waals surface area contributed by atoms with Gasteiger partial charge in [0.05, 0.1) is 0 Å². The smallest absolute Gasteiger partial charge is 0.224 e. The van der Waals surface area contributed by atoms with E-state index in [1.807, 2.05) is 26.2 Å². The standard InChI is InChI=1S/C20H24N2O/c1-14-12-17(10-11-19(14)22(2)3)21-20(23)13-16-9-8-15-6-4-5-7-18(15)16/h4-7,10-12,16H,8-9,13H2,1-3H3,(H,21,23). The Kier molecular flexibility index (Phi) is 4.37. The molecule has 0 spiro atoms. The normalized spacial score (nSPS) is 16.0. The third-order valence-corrected chi connectivity index (χ3v) is 4.65. The Morgan fingerprint density at radius 2 is 2.00 bits per heavy atom. The third-order valence-electron chi connectivity index (χ3n) is 4.65. The van der Waals surface area contributed by atoms with Gasteiger partial charge >= 0.3 is 0 Å². The summed E-state index contributed by atoms with van der Waals surface area (Å²) in [4.78, 5) is 14.5. The summed E-state index contributed by atoms with van der Waals surface area (Å²) in [5.74, 6) is 0.456. The van der Waals surface area contributed by atoms with Crippen LogP contribution in [0.2, 0.25) is 0 Å². The predicted octanol–water partition coefficient (Wildman–Crippen LogP) is 4.12. The Morgan fingerprint density at radius 3 is 2.74 bits per heavy atom. The second-order valence-electron chi connectivity index (χ2n) is 6.58. The van der Waals surface area contributed by atoms with Gasteiger partial charge in [-0.2, -0.15) is 0 Å². The molecule has 1 aliphatic rings. The van der Waals surface area contributed by atoms with E-state index in [1.165, 1.54) is 22.4 Å². The molecular weight excluding hydrogens is 284 g/mol. The summed E-state index contributed by atoms with van der Waals surface area (Å²) in [7, 11) is 4.05. The second-order valence-corrected chi connectivity index (χ2v) is 6.58. The van der Waals surface area contributed by atoms with Crippen molar-refractivity contribution < 1.29 is 4.79 Å². The minimum Gasteiger partial charge on any atom is -0.377 e. The molecule has 3 heteroatoms. The van der Waals surface area contributed by atoms with Crippen molar-refractivity contribution in [2.45, 2.75) is 32.1 Å². The van der Waals surface area contributed by atoms with Crippen molar-refractivity contribution in [1.82, 2.24) is 0 Å². The number of aryl methyl sites for hydroxylation is 2. The zero-order valence-electron chi connectivity index (χ0n) is 14.1. The highest BCUT2D eigenvalue weighted by molar-refractivity contribution is 5.91. The van der Waals surface area contributed by atoms with E-state index in [1.54, 1.807) is 0 Å². The Labute approximate surface area is 138 Å². The molecule has 1 unspecified atom stereocenters. The fourth-order valence-electron chi connectivity index (χ4n) is 3.53. The first kappa shape index (κ1) is 15.6. The van der Waals surface area contributed by atoms with Crippen LogP contribution in [0.4, 0.5) is 11.4 Å². The SMILES string of the molecule is Cc1cc(NC(=O)CC2CCc3ccccc32)ccc1N(C)C. The lowest BCUT2D eigenvalue weighted by molar-refractivity contribution is -0.116. The van der Waals surface area contributed by atoms with Crippen molar-refractivity contribution in [3.05, 3.63) is 59.2 Å². The van der Waals surface area contributed by atoms with Crippen molar-refractivity contribution in [1.29, 1.82) is 0 Å². The first-order chi connectivity index (χ1) is 11.0. The molecule has 3 rings (SSSR count). The largest absolute Gasteiger partial charge is 0.377 e. The molecule has 0 fully saturated rings. The van der Waals surface area contributed by atoms with E-state index in [-0.39, 0.29) is 5.91 Å². The van der Waals surface area contributed by atoms with Crippen LogP contribution in [0, 0.1) is 6.92 Å². The molecule has 0 saturated heterocycles. The van der Waals surface area contributed by atoms with Gasteiger partial charge in [0.1, 0.15) is 0 Å². The monoisotopic (exact) mass is 308 g/mol. The number of benzene rings is 2. The Bertz CT molecular complexity index is 721. The van der Waals surface area contributed by atoms with Crippen molar-refractivity contribution in [2.24, 2.45) is 0 Å². The molecule has 0 bridgehead atoms. The van der Waals surface area contributed by atoms with Gasteiger partial charge in [-0.25, -0.2) is 0 Å². The Balaban J connectivity index is 1.65. The van der Waals surface area contributed by atoms with Crippen LogP contribution >= 0.6 is 0 Å². The highest BCUT2D eigenvalue weighted by Gasteiger charge is 2.24. The van der Waals surface area contributed by atoms with Gasteiger partial charge in [-0.3, -0.25) is 4.79 Å². The topological polar surface area (TPSA) is 32.3 Å². The lowest BCUT2D eigenvalue weighted by Gasteiger charge is -2.17. The number of hydrogen-bond donors (Lipinski definition) is 1. The molecule has 2 aromatic rings. The van der Waals surface area contributed by atoms with Crippen LogP contribution in [0.1, 0.15) is 35.4 Å². The van der Waals surface area contributed by atoms with Gasteiger partial charge in [0, 0.05) is 31.9 Å². The van der Waals surface area contributed by atoms with Crippen LogP contribution in [0.3, 0.4) is 0 Å². The van der Waals surface area contributed by atoms with Gasteiger partial charge in [0.15, 0.2) is 0 Å². The van der Waals surface area contributed by atoms with Gasteiger partial charge in [-0.1, -0.05) is 24.3 Å². The van der Waals surface area contributed by atoms with Crippen LogP contribution in [-0.4, -0.2) is 20.0 Å². The Hall–Kier alpha value is -2.29. The molecule has 0 aliphatic heterocycles. The van der Waals surface area contributed by atoms with Crippen LogP contribution in [-0.2, 0) is 11.2 Å². The van der Waals surface area contributed by atoms with Crippen molar-refractivity contribution >= 4 is 17.3 Å². The molecule has 2 aromatic carbocycles. The van der Waals surface area contributed by atoms with E-state index in [0.29, 0.717) is 12.3 Å². The Morgan fingerprint density at radius 1 is 1.22 bits per heavy atom. The number of amides is 1. The summed E-state index contributed by atoms with van der Waals surface area (Å²) < 4.78 is 0. The molecule has 3 nitrogen and oxygen atoms in total. The number of nitrogens with zero attached hydrogens (tertiary/aromatic N) is 1. The first-order valence-corrected chi connectivity index (χ1v) is 8.20. The fraction of sp³-hybridized carbons (Fsp3) is 0.350. The number of carbonyl (C=O) groups excluding carboxylic acids is 1. The van der Waals surface area contributed by atoms with Crippen molar-refractivity contribution in [3.8, 4) is 0 Å². The lowest BCUT2D eigenvalue weighted by Crippen LogP contribution is -2.15. The molecule has 0 aromatic heterocycles. The van der Waals surface area contributed by atoms with Crippen molar-refractivity contribution in [3.63, 3.8) is 0 Å². The summed E-state index contributed by atoms with van der Waals surface area (Å²) in [6, 6.07) is 14.6. The first-order valence-electron chi connectivity index (χ1n) is 8.20. The number of nitrogens with one attached hydrogen (secondary N) is 1. The van der Waals surface area contributed by atoms with E-state index >= 15 is 0 Å². The summed E-state index contributed by atoms with van der Waals surface area (Å²) in [6.07, 6.45) is 2.72. The quantitative estimate of drug-likeness (QED) is 0.921. The highest BCUT2D eigenvalue weighted by atomic mass is 16.1. The van der Waals surface area contributed by atoms with Gasteiger partial charge in [0.25, 0.3) is 0 Å². The highest BCUT2D eigenvalue weighted by Crippen LogP contribution is 2.35. The number of carbonyl (C=O) groups is 1. The molecule has 0 saturated carbocycles. The maximum atomic E-state index is 12.4. The van der Waals surface area contributed by atoms with Gasteiger partial charge < -0.3 is 10.2 Å². The van der Waals surface area contributed by atoms with Crippen LogP contribution in [0.15, 0.2) is 42.5 Å². The van der Waals surface area contributed by atoms with E-state index in [9.17, 15) is 4.79 Å². The average molecular weight is 308 g/mol. The summed E-state index contributed by atoms with van der Waals surface area (Å²) in [6.45, 7) is 2.07. The summed E-state index contributed by atoms with van der Waals surface area (Å²) in [5, 5.41) is 3.05. The lowest BCUT2D eigenvalue weighted by atomic mass is 9.97. The van der Waals surface area contributed by atoms with Crippen LogP contribution in [0.25, 0.3) is 0 Å². The maximum absolute atomic E-state index is 12.4. The van der Waals surface area contributed by atoms with E-state index < -0.39 is 0 Å². The van der Waals surface area contributed by atoms with Gasteiger partial charge in [0.2, 0.25) is 5.91 Å². The number of fused-ring (bicyclic) bond motifs is 1. The number of hydrogen-bond acceptors (Lipinski definition) is 2. The van der Waals surface area contributed by atoms with E-state index in [2.05, 4.69) is 47.5 Å². The third kappa shape index (κ3) is 3.39. The maximum Gasteiger partial charge on any atom is 0.224 e. The minimum absolute atomic E-state index is 0.101.